The van der Waals surface area contributed by atoms with Crippen LogP contribution in [0.3, 0.4) is 0 Å². The lowest BCUT2D eigenvalue weighted by atomic mass is 10.1. The van der Waals surface area contributed by atoms with Gasteiger partial charge in [-0.3, -0.25) is 4.79 Å². The number of rotatable bonds is 4. The first-order chi connectivity index (χ1) is 8.20. The molecule has 0 bridgehead atoms. The number of aryl methyl sites for hydroxylation is 1. The summed E-state index contributed by atoms with van der Waals surface area (Å²) in [5, 5.41) is 8.87. The van der Waals surface area contributed by atoms with Crippen LogP contribution in [-0.2, 0) is 17.6 Å². The second-order valence-corrected chi connectivity index (χ2v) is 4.39. The van der Waals surface area contributed by atoms with Crippen molar-refractivity contribution in [3.8, 4) is 0 Å². The molecule has 1 saturated heterocycles. The van der Waals surface area contributed by atoms with Crippen molar-refractivity contribution < 1.29 is 9.84 Å². The van der Waals surface area contributed by atoms with Crippen LogP contribution in [0.2, 0.25) is 0 Å². The minimum absolute atomic E-state index is 0.0311. The molecule has 1 fully saturated rings. The summed E-state index contributed by atoms with van der Waals surface area (Å²) in [6.45, 7) is 2.58. The van der Waals surface area contributed by atoms with Crippen molar-refractivity contribution in [2.45, 2.75) is 38.7 Å². The van der Waals surface area contributed by atoms with Crippen LogP contribution in [0.5, 0.6) is 0 Å². The smallest absolute Gasteiger partial charge is 0.254 e. The first kappa shape index (κ1) is 12.3. The van der Waals surface area contributed by atoms with Gasteiger partial charge >= 0.3 is 0 Å². The van der Waals surface area contributed by atoms with Gasteiger partial charge in [0.15, 0.2) is 0 Å². The molecule has 1 aliphatic heterocycles. The average Bonchev–Trinajstić information content (AvgIpc) is 2.76. The van der Waals surface area contributed by atoms with E-state index in [4.69, 9.17) is 9.84 Å². The van der Waals surface area contributed by atoms with Crippen LogP contribution in [0, 0.1) is 6.92 Å². The van der Waals surface area contributed by atoms with Gasteiger partial charge in [-0.05, 0) is 19.8 Å². The van der Waals surface area contributed by atoms with E-state index in [1.807, 2.05) is 0 Å². The highest BCUT2D eigenvalue weighted by Crippen LogP contribution is 2.15. The highest BCUT2D eigenvalue weighted by Gasteiger charge is 2.18. The maximum absolute atomic E-state index is 11.8. The zero-order chi connectivity index (χ0) is 12.3. The molecule has 17 heavy (non-hydrogen) atoms. The van der Waals surface area contributed by atoms with Crippen LogP contribution in [0.25, 0.3) is 0 Å². The zero-order valence-electron chi connectivity index (χ0n) is 10.0. The normalized spacial score (nSPS) is 19.8. The van der Waals surface area contributed by atoms with Gasteiger partial charge in [-0.25, -0.2) is 4.98 Å². The van der Waals surface area contributed by atoms with Gasteiger partial charge in [0.25, 0.3) is 5.56 Å². The number of aliphatic hydroxyl groups excluding tert-OH is 1. The van der Waals surface area contributed by atoms with Gasteiger partial charge in [0.1, 0.15) is 5.82 Å². The Labute approximate surface area is 99.9 Å². The molecule has 1 aromatic heterocycles. The van der Waals surface area contributed by atoms with E-state index in [-0.39, 0.29) is 18.3 Å². The Morgan fingerprint density at radius 1 is 1.59 bits per heavy atom. The minimum atomic E-state index is -0.139. The van der Waals surface area contributed by atoms with Crippen molar-refractivity contribution in [2.24, 2.45) is 0 Å². The summed E-state index contributed by atoms with van der Waals surface area (Å²) in [4.78, 5) is 18.9. The molecule has 0 amide bonds. The molecular weight excluding hydrogens is 220 g/mol. The van der Waals surface area contributed by atoms with E-state index in [0.29, 0.717) is 29.9 Å². The van der Waals surface area contributed by atoms with E-state index in [0.717, 1.165) is 19.4 Å². The number of hydrogen-bond acceptors (Lipinski definition) is 4. The van der Waals surface area contributed by atoms with Crippen LogP contribution in [0.4, 0.5) is 0 Å². The van der Waals surface area contributed by atoms with Crippen molar-refractivity contribution in [1.29, 1.82) is 0 Å². The first-order valence-electron chi connectivity index (χ1n) is 6.02. The molecule has 2 N–H and O–H groups in total. The summed E-state index contributed by atoms with van der Waals surface area (Å²) in [7, 11) is 0. The van der Waals surface area contributed by atoms with Crippen LogP contribution in [0.15, 0.2) is 4.79 Å². The van der Waals surface area contributed by atoms with Crippen molar-refractivity contribution in [3.63, 3.8) is 0 Å². The second kappa shape index (κ2) is 5.42. The Kier molecular flexibility index (Phi) is 3.91. The Hall–Kier alpha value is -1.20. The number of aliphatic hydroxyl groups is 1. The molecule has 2 rings (SSSR count). The number of H-pyrrole nitrogens is 1. The first-order valence-corrected chi connectivity index (χ1v) is 6.02. The van der Waals surface area contributed by atoms with Gasteiger partial charge in [0.2, 0.25) is 0 Å². The topological polar surface area (TPSA) is 75.2 Å². The largest absolute Gasteiger partial charge is 0.396 e. The molecule has 0 spiro atoms. The van der Waals surface area contributed by atoms with Gasteiger partial charge in [0.05, 0.1) is 6.10 Å². The molecule has 0 aliphatic carbocycles. The predicted molar refractivity (Wildman–Crippen MR) is 63.1 cm³/mol. The molecule has 0 saturated carbocycles. The van der Waals surface area contributed by atoms with Crippen LogP contribution >= 0.6 is 0 Å². The van der Waals surface area contributed by atoms with E-state index in [9.17, 15) is 4.79 Å². The maximum Gasteiger partial charge on any atom is 0.254 e. The van der Waals surface area contributed by atoms with Crippen molar-refractivity contribution in [1.82, 2.24) is 9.97 Å². The van der Waals surface area contributed by atoms with Crippen molar-refractivity contribution in [2.75, 3.05) is 13.2 Å². The third-order valence-electron chi connectivity index (χ3n) is 3.08. The minimum Gasteiger partial charge on any atom is -0.396 e. The van der Waals surface area contributed by atoms with Crippen LogP contribution in [0.1, 0.15) is 29.9 Å². The number of aromatic nitrogens is 2. The van der Waals surface area contributed by atoms with E-state index >= 15 is 0 Å². The summed E-state index contributed by atoms with van der Waals surface area (Å²) in [6.07, 6.45) is 3.31. The molecule has 0 radical (unpaired) electrons. The standard InChI is InChI=1S/C12H18N2O3/c1-8-10(4-5-15)12(16)14-11(13-8)7-9-3-2-6-17-9/h9,15H,2-7H2,1H3,(H,13,14,16). The summed E-state index contributed by atoms with van der Waals surface area (Å²) in [6, 6.07) is 0. The van der Waals surface area contributed by atoms with E-state index in [1.54, 1.807) is 6.92 Å². The molecule has 5 nitrogen and oxygen atoms in total. The third-order valence-corrected chi connectivity index (χ3v) is 3.08. The molecule has 1 atom stereocenters. The number of hydrogen-bond donors (Lipinski definition) is 2. The zero-order valence-corrected chi connectivity index (χ0v) is 10.0. The number of nitrogens with one attached hydrogen (secondary N) is 1. The van der Waals surface area contributed by atoms with E-state index in [1.165, 1.54) is 0 Å². The SMILES string of the molecule is Cc1nc(CC2CCCO2)[nH]c(=O)c1CCO. The molecule has 1 aromatic rings. The van der Waals surface area contributed by atoms with Crippen molar-refractivity contribution >= 4 is 0 Å². The lowest BCUT2D eigenvalue weighted by Gasteiger charge is -2.10. The number of ether oxygens (including phenoxy) is 1. The van der Waals surface area contributed by atoms with E-state index in [2.05, 4.69) is 9.97 Å². The molecule has 0 aromatic carbocycles. The fourth-order valence-electron chi connectivity index (χ4n) is 2.19. The number of aromatic amines is 1. The highest BCUT2D eigenvalue weighted by atomic mass is 16.5. The van der Waals surface area contributed by atoms with E-state index < -0.39 is 0 Å². The summed E-state index contributed by atoms with van der Waals surface area (Å²) < 4.78 is 5.51. The molecule has 1 unspecified atom stereocenters. The molecule has 5 heteroatoms. The second-order valence-electron chi connectivity index (χ2n) is 4.39. The van der Waals surface area contributed by atoms with Gasteiger partial charge in [-0.15, -0.1) is 0 Å². The lowest BCUT2D eigenvalue weighted by molar-refractivity contribution is 0.109. The lowest BCUT2D eigenvalue weighted by Crippen LogP contribution is -2.22. The van der Waals surface area contributed by atoms with Gasteiger partial charge in [-0.1, -0.05) is 0 Å². The predicted octanol–water partition coefficient (Wildman–Crippen LogP) is 0.335. The van der Waals surface area contributed by atoms with Crippen LogP contribution < -0.4 is 5.56 Å². The average molecular weight is 238 g/mol. The Bertz CT molecular complexity index is 436. The quantitative estimate of drug-likeness (QED) is 0.793. The monoisotopic (exact) mass is 238 g/mol. The maximum atomic E-state index is 11.8. The molecule has 94 valence electrons. The third kappa shape index (κ3) is 2.92. The van der Waals surface area contributed by atoms with Crippen LogP contribution in [-0.4, -0.2) is 34.4 Å². The summed E-state index contributed by atoms with van der Waals surface area (Å²) in [5.41, 5.74) is 1.14. The van der Waals surface area contributed by atoms with Gasteiger partial charge in [-0.2, -0.15) is 0 Å². The molecule has 1 aliphatic rings. The Balaban J connectivity index is 2.16. The summed E-state index contributed by atoms with van der Waals surface area (Å²) >= 11 is 0. The molecular formula is C12H18N2O3. The fourth-order valence-corrected chi connectivity index (χ4v) is 2.19. The number of nitrogens with zero attached hydrogens (tertiary/aromatic N) is 1. The van der Waals surface area contributed by atoms with Gasteiger partial charge in [0, 0.05) is 37.3 Å². The fraction of sp³-hybridized carbons (Fsp3) is 0.667. The Morgan fingerprint density at radius 2 is 2.41 bits per heavy atom. The van der Waals surface area contributed by atoms with Crippen molar-refractivity contribution in [3.05, 3.63) is 27.4 Å². The molecule has 2 heterocycles. The highest BCUT2D eigenvalue weighted by molar-refractivity contribution is 5.17. The van der Waals surface area contributed by atoms with Gasteiger partial charge < -0.3 is 14.8 Å². The Morgan fingerprint density at radius 3 is 3.00 bits per heavy atom. The summed E-state index contributed by atoms with van der Waals surface area (Å²) in [5.74, 6) is 0.682.